The monoisotopic (exact) mass is 320 g/mol. The number of anilines is 1. The smallest absolute Gasteiger partial charge is 0.257 e. The Morgan fingerprint density at radius 1 is 1.35 bits per heavy atom. The molecular formula is C16H24N4O3. The molecule has 7 nitrogen and oxygen atoms in total. The first kappa shape index (κ1) is 16.0. The minimum Gasteiger partial charge on any atom is -0.470 e. The number of hydrogen-bond donors (Lipinski definition) is 0. The zero-order chi connectivity index (χ0) is 16.2. The zero-order valence-corrected chi connectivity index (χ0v) is 13.8. The van der Waals surface area contributed by atoms with Crippen LogP contribution in [0.4, 0.5) is 5.82 Å². The van der Waals surface area contributed by atoms with Gasteiger partial charge in [-0.05, 0) is 19.3 Å². The van der Waals surface area contributed by atoms with Crippen molar-refractivity contribution in [3.8, 4) is 5.88 Å². The number of likely N-dealkylation sites (tertiary alicyclic amines) is 1. The van der Waals surface area contributed by atoms with Crippen LogP contribution in [0.1, 0.15) is 19.3 Å². The molecule has 0 spiro atoms. The van der Waals surface area contributed by atoms with E-state index in [9.17, 15) is 4.79 Å². The molecule has 0 bridgehead atoms. The summed E-state index contributed by atoms with van der Waals surface area (Å²) >= 11 is 0. The quantitative estimate of drug-likeness (QED) is 0.823. The fraction of sp³-hybridized carbons (Fsp3) is 0.688. The van der Waals surface area contributed by atoms with Crippen molar-refractivity contribution in [3.05, 3.63) is 12.4 Å². The topological polar surface area (TPSA) is 67.8 Å². The Hall–Kier alpha value is -1.89. The van der Waals surface area contributed by atoms with Crippen molar-refractivity contribution < 1.29 is 14.3 Å². The number of rotatable bonds is 4. The van der Waals surface area contributed by atoms with Gasteiger partial charge < -0.3 is 19.3 Å². The minimum atomic E-state index is -0.0366. The van der Waals surface area contributed by atoms with Crippen molar-refractivity contribution in [1.82, 2.24) is 14.9 Å². The third-order valence-electron chi connectivity index (χ3n) is 4.32. The molecule has 126 valence electrons. The fourth-order valence-corrected chi connectivity index (χ4v) is 3.09. The van der Waals surface area contributed by atoms with Gasteiger partial charge in [-0.25, -0.2) is 9.97 Å². The van der Waals surface area contributed by atoms with Crippen LogP contribution >= 0.6 is 0 Å². The van der Waals surface area contributed by atoms with Gasteiger partial charge in [-0.3, -0.25) is 4.79 Å². The molecule has 2 atom stereocenters. The van der Waals surface area contributed by atoms with Crippen LogP contribution in [0.2, 0.25) is 0 Å². The summed E-state index contributed by atoms with van der Waals surface area (Å²) < 4.78 is 11.4. The highest BCUT2D eigenvalue weighted by Crippen LogP contribution is 2.25. The summed E-state index contributed by atoms with van der Waals surface area (Å²) in [4.78, 5) is 24.9. The van der Waals surface area contributed by atoms with E-state index in [0.717, 1.165) is 25.8 Å². The first-order valence-corrected chi connectivity index (χ1v) is 8.16. The van der Waals surface area contributed by atoms with E-state index >= 15 is 0 Å². The summed E-state index contributed by atoms with van der Waals surface area (Å²) in [6.45, 7) is 2.65. The van der Waals surface area contributed by atoms with Gasteiger partial charge in [-0.1, -0.05) is 0 Å². The average molecular weight is 320 g/mol. The minimum absolute atomic E-state index is 0.0163. The Balaban J connectivity index is 1.64. The molecule has 2 fully saturated rings. The van der Waals surface area contributed by atoms with Gasteiger partial charge in [0.05, 0.1) is 19.1 Å². The first-order chi connectivity index (χ1) is 11.1. The summed E-state index contributed by atoms with van der Waals surface area (Å²) in [6, 6.07) is 0. The predicted molar refractivity (Wildman–Crippen MR) is 85.5 cm³/mol. The molecule has 0 aliphatic carbocycles. The zero-order valence-electron chi connectivity index (χ0n) is 13.8. The van der Waals surface area contributed by atoms with E-state index in [0.29, 0.717) is 31.5 Å². The van der Waals surface area contributed by atoms with E-state index in [1.165, 1.54) is 0 Å². The van der Waals surface area contributed by atoms with Gasteiger partial charge in [0.1, 0.15) is 6.10 Å². The average Bonchev–Trinajstić information content (AvgIpc) is 3.09. The maximum atomic E-state index is 12.5. The van der Waals surface area contributed by atoms with Crippen molar-refractivity contribution in [1.29, 1.82) is 0 Å². The number of hydrogen-bond acceptors (Lipinski definition) is 6. The van der Waals surface area contributed by atoms with Crippen molar-refractivity contribution in [2.45, 2.75) is 25.4 Å². The van der Waals surface area contributed by atoms with Gasteiger partial charge in [0, 0.05) is 39.6 Å². The standard InChI is InChI=1S/C16H24N4O3/c1-19(2)14-15(18-7-6-17-14)23-13-4-3-8-20(10-13)16(21)12-5-9-22-11-12/h6-7,12-13H,3-5,8-11H2,1-2H3. The van der Waals surface area contributed by atoms with Crippen LogP contribution in [0, 0.1) is 5.92 Å². The molecule has 2 saturated heterocycles. The molecule has 23 heavy (non-hydrogen) atoms. The van der Waals surface area contributed by atoms with Crippen LogP contribution in [0.5, 0.6) is 5.88 Å². The van der Waals surface area contributed by atoms with Crippen LogP contribution in [0.15, 0.2) is 12.4 Å². The molecule has 0 aromatic carbocycles. The van der Waals surface area contributed by atoms with Crippen molar-refractivity contribution in [2.75, 3.05) is 45.3 Å². The van der Waals surface area contributed by atoms with E-state index in [-0.39, 0.29) is 17.9 Å². The Morgan fingerprint density at radius 2 is 2.17 bits per heavy atom. The van der Waals surface area contributed by atoms with Crippen LogP contribution in [0.3, 0.4) is 0 Å². The lowest BCUT2D eigenvalue weighted by Crippen LogP contribution is -2.47. The summed E-state index contributed by atoms with van der Waals surface area (Å²) in [5, 5.41) is 0. The van der Waals surface area contributed by atoms with E-state index in [1.54, 1.807) is 12.4 Å². The number of carbonyl (C=O) groups is 1. The second-order valence-corrected chi connectivity index (χ2v) is 6.31. The molecular weight excluding hydrogens is 296 g/mol. The van der Waals surface area contributed by atoms with E-state index < -0.39 is 0 Å². The number of amides is 1. The Kier molecular flexibility index (Phi) is 4.95. The molecule has 2 aliphatic heterocycles. The van der Waals surface area contributed by atoms with E-state index in [4.69, 9.17) is 9.47 Å². The van der Waals surface area contributed by atoms with Crippen LogP contribution < -0.4 is 9.64 Å². The van der Waals surface area contributed by atoms with Crippen LogP contribution in [0.25, 0.3) is 0 Å². The summed E-state index contributed by atoms with van der Waals surface area (Å²) in [5.74, 6) is 1.45. The SMILES string of the molecule is CN(C)c1nccnc1OC1CCCN(C(=O)C2CCOC2)C1. The number of aromatic nitrogens is 2. The lowest BCUT2D eigenvalue weighted by atomic mass is 10.0. The third kappa shape index (κ3) is 3.72. The Labute approximate surface area is 136 Å². The highest BCUT2D eigenvalue weighted by atomic mass is 16.5. The third-order valence-corrected chi connectivity index (χ3v) is 4.32. The molecule has 2 unspecified atom stereocenters. The van der Waals surface area contributed by atoms with Gasteiger partial charge in [0.2, 0.25) is 5.91 Å². The molecule has 0 saturated carbocycles. The molecule has 3 rings (SSSR count). The van der Waals surface area contributed by atoms with Gasteiger partial charge in [0.25, 0.3) is 5.88 Å². The Morgan fingerprint density at radius 3 is 2.91 bits per heavy atom. The second kappa shape index (κ2) is 7.12. The van der Waals surface area contributed by atoms with Gasteiger partial charge >= 0.3 is 0 Å². The van der Waals surface area contributed by atoms with E-state index in [1.807, 2.05) is 23.9 Å². The molecule has 0 radical (unpaired) electrons. The van der Waals surface area contributed by atoms with E-state index in [2.05, 4.69) is 9.97 Å². The lowest BCUT2D eigenvalue weighted by Gasteiger charge is -2.34. The molecule has 1 amide bonds. The number of ether oxygens (including phenoxy) is 2. The largest absolute Gasteiger partial charge is 0.470 e. The highest BCUT2D eigenvalue weighted by Gasteiger charge is 2.32. The number of nitrogens with zero attached hydrogens (tertiary/aromatic N) is 4. The maximum Gasteiger partial charge on any atom is 0.257 e. The van der Waals surface area contributed by atoms with Crippen LogP contribution in [-0.2, 0) is 9.53 Å². The Bertz CT molecular complexity index is 546. The van der Waals surface area contributed by atoms with Crippen molar-refractivity contribution in [2.24, 2.45) is 5.92 Å². The summed E-state index contributed by atoms with van der Waals surface area (Å²) in [6.07, 6.45) is 5.94. The molecule has 1 aromatic rings. The molecule has 2 aliphatic rings. The van der Waals surface area contributed by atoms with Crippen molar-refractivity contribution in [3.63, 3.8) is 0 Å². The maximum absolute atomic E-state index is 12.5. The summed E-state index contributed by atoms with van der Waals surface area (Å²) in [7, 11) is 3.82. The first-order valence-electron chi connectivity index (χ1n) is 8.16. The predicted octanol–water partition coefficient (Wildman–Crippen LogP) is 0.949. The molecule has 3 heterocycles. The molecule has 7 heteroatoms. The fourth-order valence-electron chi connectivity index (χ4n) is 3.09. The number of carbonyl (C=O) groups excluding carboxylic acids is 1. The van der Waals surface area contributed by atoms with Crippen LogP contribution in [-0.4, -0.2) is 67.3 Å². The lowest BCUT2D eigenvalue weighted by molar-refractivity contribution is -0.138. The summed E-state index contributed by atoms with van der Waals surface area (Å²) in [5.41, 5.74) is 0. The number of piperidine rings is 1. The second-order valence-electron chi connectivity index (χ2n) is 6.31. The molecule has 0 N–H and O–H groups in total. The highest BCUT2D eigenvalue weighted by molar-refractivity contribution is 5.79. The normalized spacial score (nSPS) is 24.5. The molecule has 1 aromatic heterocycles. The van der Waals surface area contributed by atoms with Gasteiger partial charge in [-0.15, -0.1) is 0 Å². The van der Waals surface area contributed by atoms with Crippen molar-refractivity contribution >= 4 is 11.7 Å². The van der Waals surface area contributed by atoms with Gasteiger partial charge in [0.15, 0.2) is 5.82 Å². The van der Waals surface area contributed by atoms with Gasteiger partial charge in [-0.2, -0.15) is 0 Å².